The summed E-state index contributed by atoms with van der Waals surface area (Å²) in [5, 5.41) is 0. The predicted octanol–water partition coefficient (Wildman–Crippen LogP) is 3.39. The van der Waals surface area contributed by atoms with E-state index < -0.39 is 0 Å². The summed E-state index contributed by atoms with van der Waals surface area (Å²) in [5.41, 5.74) is 0. The molecule has 62 valence electrons. The third kappa shape index (κ3) is 2.42. The zero-order valence-corrected chi connectivity index (χ0v) is 8.60. The smallest absolute Gasteiger partial charge is 0.161 e. The molecule has 0 amide bonds. The van der Waals surface area contributed by atoms with Crippen LogP contribution in [-0.2, 0) is 6.54 Å². The maximum absolute atomic E-state index is 5.17. The lowest BCUT2D eigenvalue weighted by Crippen LogP contribution is -1.94. The van der Waals surface area contributed by atoms with Gasteiger partial charge >= 0.3 is 0 Å². The Morgan fingerprint density at radius 2 is 2.36 bits per heavy atom. The van der Waals surface area contributed by atoms with E-state index >= 15 is 0 Å². The number of hydrogen-bond acceptors (Lipinski definition) is 2. The molecule has 0 bridgehead atoms. The number of hydrogen-bond donors (Lipinski definition) is 0. The highest BCUT2D eigenvalue weighted by atomic mass is 32.1. The monoisotopic (exact) mass is 187 g/mol. The van der Waals surface area contributed by atoms with Crippen molar-refractivity contribution in [2.45, 2.75) is 33.2 Å². The fourth-order valence-electron chi connectivity index (χ4n) is 0.979. The first-order valence-corrected chi connectivity index (χ1v) is 5.13. The zero-order chi connectivity index (χ0) is 8.27. The Morgan fingerprint density at radius 3 is 2.82 bits per heavy atom. The minimum atomic E-state index is 1.01. The molecule has 0 aliphatic heterocycles. The number of aromatic nitrogens is 1. The van der Waals surface area contributed by atoms with E-state index in [-0.39, 0.29) is 0 Å². The van der Waals surface area contributed by atoms with E-state index in [4.69, 9.17) is 12.2 Å². The molecule has 0 N–H and O–H groups in total. The quantitative estimate of drug-likeness (QED) is 0.657. The van der Waals surface area contributed by atoms with Gasteiger partial charge in [0, 0.05) is 17.6 Å². The molecule has 0 atom stereocenters. The number of thiazole rings is 1. The molecule has 1 nitrogen and oxygen atoms in total. The van der Waals surface area contributed by atoms with Gasteiger partial charge in [-0.15, -0.1) is 11.3 Å². The van der Waals surface area contributed by atoms with Crippen LogP contribution in [-0.4, -0.2) is 4.57 Å². The lowest BCUT2D eigenvalue weighted by Gasteiger charge is -1.97. The van der Waals surface area contributed by atoms with Crippen LogP contribution in [0, 0.1) is 10.9 Å². The molecule has 0 fully saturated rings. The Morgan fingerprint density at radius 1 is 1.64 bits per heavy atom. The molecule has 0 aliphatic rings. The van der Waals surface area contributed by atoms with Crippen molar-refractivity contribution >= 4 is 23.6 Å². The normalized spacial score (nSPS) is 10.4. The van der Waals surface area contributed by atoms with Crippen molar-refractivity contribution in [1.82, 2.24) is 4.57 Å². The van der Waals surface area contributed by atoms with E-state index in [1.165, 1.54) is 17.7 Å². The van der Waals surface area contributed by atoms with Crippen LogP contribution in [0.3, 0.4) is 0 Å². The van der Waals surface area contributed by atoms with Gasteiger partial charge in [-0.1, -0.05) is 13.3 Å². The average Bonchev–Trinajstić information content (AvgIpc) is 2.26. The maximum Gasteiger partial charge on any atom is 0.161 e. The molecule has 3 heteroatoms. The molecule has 0 radical (unpaired) electrons. The summed E-state index contributed by atoms with van der Waals surface area (Å²) >= 11 is 6.87. The van der Waals surface area contributed by atoms with Crippen molar-refractivity contribution in [3.8, 4) is 0 Å². The lowest BCUT2D eigenvalue weighted by atomic mass is 10.3. The van der Waals surface area contributed by atoms with Gasteiger partial charge in [-0.3, -0.25) is 0 Å². The Kier molecular flexibility index (Phi) is 3.27. The van der Waals surface area contributed by atoms with Crippen LogP contribution >= 0.6 is 23.6 Å². The average molecular weight is 187 g/mol. The SMILES string of the molecule is CCCCn1cc(C)sc1=S. The van der Waals surface area contributed by atoms with Gasteiger partial charge in [0.2, 0.25) is 0 Å². The first-order valence-electron chi connectivity index (χ1n) is 3.91. The van der Waals surface area contributed by atoms with E-state index in [0.717, 1.165) is 10.5 Å². The summed E-state index contributed by atoms with van der Waals surface area (Å²) < 4.78 is 3.18. The minimum Gasteiger partial charge on any atom is -0.330 e. The fraction of sp³-hybridized carbons (Fsp3) is 0.625. The summed E-state index contributed by atoms with van der Waals surface area (Å²) in [6, 6.07) is 0. The van der Waals surface area contributed by atoms with Crippen molar-refractivity contribution in [2.24, 2.45) is 0 Å². The first kappa shape index (κ1) is 8.94. The van der Waals surface area contributed by atoms with Gasteiger partial charge in [-0.25, -0.2) is 0 Å². The third-order valence-electron chi connectivity index (χ3n) is 1.57. The molecule has 1 aromatic heterocycles. The van der Waals surface area contributed by atoms with E-state index in [2.05, 4.69) is 24.6 Å². The highest BCUT2D eigenvalue weighted by Crippen LogP contribution is 2.11. The molecular weight excluding hydrogens is 174 g/mol. The van der Waals surface area contributed by atoms with E-state index in [0.29, 0.717) is 0 Å². The Labute approximate surface area is 76.7 Å². The van der Waals surface area contributed by atoms with Crippen LogP contribution < -0.4 is 0 Å². The van der Waals surface area contributed by atoms with Gasteiger partial charge in [0.1, 0.15) is 0 Å². The van der Waals surface area contributed by atoms with E-state index in [9.17, 15) is 0 Å². The highest BCUT2D eigenvalue weighted by molar-refractivity contribution is 7.73. The van der Waals surface area contributed by atoms with E-state index in [1.54, 1.807) is 11.3 Å². The summed E-state index contributed by atoms with van der Waals surface area (Å²) in [5.74, 6) is 0. The molecule has 1 rings (SSSR count). The largest absolute Gasteiger partial charge is 0.330 e. The summed E-state index contributed by atoms with van der Waals surface area (Å²) in [4.78, 5) is 1.31. The van der Waals surface area contributed by atoms with E-state index in [1.807, 2.05) is 0 Å². The van der Waals surface area contributed by atoms with Crippen molar-refractivity contribution in [1.29, 1.82) is 0 Å². The van der Waals surface area contributed by atoms with Crippen molar-refractivity contribution in [3.05, 3.63) is 15.0 Å². The summed E-state index contributed by atoms with van der Waals surface area (Å²) in [7, 11) is 0. The molecular formula is C8H13NS2. The number of rotatable bonds is 3. The predicted molar refractivity (Wildman–Crippen MR) is 52.8 cm³/mol. The van der Waals surface area contributed by atoms with Crippen LogP contribution in [0.2, 0.25) is 0 Å². The standard InChI is InChI=1S/C8H13NS2/c1-3-4-5-9-6-7(2)11-8(9)10/h6H,3-5H2,1-2H3. The van der Waals surface area contributed by atoms with Crippen molar-refractivity contribution in [3.63, 3.8) is 0 Å². The minimum absolute atomic E-state index is 1.01. The van der Waals surface area contributed by atoms with Crippen molar-refractivity contribution in [2.75, 3.05) is 0 Å². The molecule has 0 aliphatic carbocycles. The summed E-state index contributed by atoms with van der Waals surface area (Å²) in [6.07, 6.45) is 4.60. The van der Waals surface area contributed by atoms with Gasteiger partial charge in [-0.2, -0.15) is 0 Å². The van der Waals surface area contributed by atoms with Gasteiger partial charge in [0.05, 0.1) is 0 Å². The summed E-state index contributed by atoms with van der Waals surface area (Å²) in [6.45, 7) is 5.38. The number of unbranched alkanes of at least 4 members (excludes halogenated alkanes) is 1. The molecule has 1 heterocycles. The number of aryl methyl sites for hydroxylation is 2. The second-order valence-corrected chi connectivity index (χ2v) is 4.53. The molecule has 0 aromatic carbocycles. The van der Waals surface area contributed by atoms with Crippen LogP contribution in [0.4, 0.5) is 0 Å². The number of nitrogens with zero attached hydrogens (tertiary/aromatic N) is 1. The molecule has 1 aromatic rings. The zero-order valence-electron chi connectivity index (χ0n) is 6.96. The van der Waals surface area contributed by atoms with Gasteiger partial charge in [0.15, 0.2) is 3.95 Å². The maximum atomic E-state index is 5.17. The highest BCUT2D eigenvalue weighted by Gasteiger charge is 1.95. The van der Waals surface area contributed by atoms with Crippen LogP contribution in [0.15, 0.2) is 6.20 Å². The molecule has 11 heavy (non-hydrogen) atoms. The Bertz CT molecular complexity index is 272. The topological polar surface area (TPSA) is 4.93 Å². The molecule has 0 saturated heterocycles. The van der Waals surface area contributed by atoms with Gasteiger partial charge in [0.25, 0.3) is 0 Å². The second-order valence-electron chi connectivity index (χ2n) is 2.65. The molecule has 0 unspecified atom stereocenters. The Hall–Kier alpha value is -0.150. The molecule has 0 spiro atoms. The third-order valence-corrected chi connectivity index (χ3v) is 2.89. The molecule has 0 saturated carbocycles. The lowest BCUT2D eigenvalue weighted by molar-refractivity contribution is 0.631. The fourth-order valence-corrected chi connectivity index (χ4v) is 2.23. The van der Waals surface area contributed by atoms with Crippen molar-refractivity contribution < 1.29 is 0 Å². The van der Waals surface area contributed by atoms with Crippen LogP contribution in [0.5, 0.6) is 0 Å². The second kappa shape index (κ2) is 4.02. The van der Waals surface area contributed by atoms with Crippen LogP contribution in [0.1, 0.15) is 24.6 Å². The van der Waals surface area contributed by atoms with Crippen LogP contribution in [0.25, 0.3) is 0 Å². The first-order chi connectivity index (χ1) is 5.24. The van der Waals surface area contributed by atoms with Gasteiger partial charge < -0.3 is 4.57 Å². The Balaban J connectivity index is 2.70. The van der Waals surface area contributed by atoms with Gasteiger partial charge in [-0.05, 0) is 25.6 Å².